The number of para-hydroxylation sites is 2. The molecule has 4 fully saturated rings. The van der Waals surface area contributed by atoms with E-state index in [1.54, 1.807) is 6.07 Å². The van der Waals surface area contributed by atoms with Gasteiger partial charge < -0.3 is 30.6 Å². The van der Waals surface area contributed by atoms with E-state index in [1.807, 2.05) is 24.3 Å². The molecule has 8 rings (SSSR count). The van der Waals surface area contributed by atoms with Gasteiger partial charge in [-0.15, -0.1) is 0 Å². The minimum atomic E-state index is -0.833. The average molecular weight is 531 g/mol. The highest BCUT2D eigenvalue weighted by Gasteiger charge is 2.35. The van der Waals surface area contributed by atoms with Gasteiger partial charge in [0.1, 0.15) is 17.2 Å². The van der Waals surface area contributed by atoms with Crippen LogP contribution in [0.5, 0.6) is 0 Å². The number of pyridine rings is 1. The number of H-pyrrole nitrogens is 2. The molecule has 5 N–H and O–H groups in total. The molecule has 8 nitrogen and oxygen atoms in total. The molecular formula is C30H35FN6O2. The molecule has 0 radical (unpaired) electrons. The molecule has 2 bridgehead atoms. The van der Waals surface area contributed by atoms with E-state index in [0.29, 0.717) is 46.7 Å². The van der Waals surface area contributed by atoms with E-state index in [0.717, 1.165) is 62.8 Å². The molecule has 4 aliphatic rings. The largest absolute Gasteiger partial charge is 0.388 e. The number of nitrogens with one attached hydrogen (secondary N) is 4. The van der Waals surface area contributed by atoms with Gasteiger partial charge in [-0.05, 0) is 69.0 Å². The topological polar surface area (TPSA) is 109 Å². The minimum absolute atomic E-state index is 0.169. The van der Waals surface area contributed by atoms with Crippen LogP contribution in [0.25, 0.3) is 33.3 Å². The predicted molar refractivity (Wildman–Crippen MR) is 153 cm³/mol. The highest BCUT2D eigenvalue weighted by molar-refractivity contribution is 6.00. The number of piperidine rings is 3. The van der Waals surface area contributed by atoms with Crippen LogP contribution < -0.4 is 16.2 Å². The van der Waals surface area contributed by atoms with Gasteiger partial charge in [-0.1, -0.05) is 31.4 Å². The third kappa shape index (κ3) is 4.57. The molecule has 2 aromatic heterocycles. The first-order chi connectivity index (χ1) is 19.0. The second-order valence-corrected chi connectivity index (χ2v) is 11.7. The smallest absolute Gasteiger partial charge is 0.261 e. The number of rotatable bonds is 6. The number of anilines is 2. The van der Waals surface area contributed by atoms with Crippen molar-refractivity contribution < 1.29 is 9.50 Å². The van der Waals surface area contributed by atoms with Gasteiger partial charge in [0, 0.05) is 24.5 Å². The summed E-state index contributed by atoms with van der Waals surface area (Å²) >= 11 is 0. The fourth-order valence-corrected chi connectivity index (χ4v) is 6.86. The van der Waals surface area contributed by atoms with Gasteiger partial charge in [-0.3, -0.25) is 4.79 Å². The Kier molecular flexibility index (Phi) is 6.08. The molecule has 3 saturated heterocycles. The van der Waals surface area contributed by atoms with Gasteiger partial charge in [-0.2, -0.15) is 0 Å². The van der Waals surface area contributed by atoms with Crippen molar-refractivity contribution in [1.29, 1.82) is 0 Å². The van der Waals surface area contributed by atoms with E-state index in [1.165, 1.54) is 6.07 Å². The Bertz CT molecular complexity index is 1550. The van der Waals surface area contributed by atoms with Crippen molar-refractivity contribution in [1.82, 2.24) is 19.9 Å². The summed E-state index contributed by atoms with van der Waals surface area (Å²) in [7, 11) is 0. The lowest BCUT2D eigenvalue weighted by Crippen LogP contribution is -2.53. The summed E-state index contributed by atoms with van der Waals surface area (Å²) in [4.78, 5) is 27.1. The molecule has 204 valence electrons. The molecule has 0 spiro atoms. The van der Waals surface area contributed by atoms with Gasteiger partial charge in [0.25, 0.3) is 5.56 Å². The van der Waals surface area contributed by atoms with Crippen molar-refractivity contribution in [3.05, 3.63) is 52.6 Å². The van der Waals surface area contributed by atoms with Crippen LogP contribution in [0.15, 0.2) is 41.2 Å². The van der Waals surface area contributed by atoms with Crippen LogP contribution in [0.2, 0.25) is 0 Å². The number of fused-ring (bicyclic) bond motifs is 5. The van der Waals surface area contributed by atoms with Crippen molar-refractivity contribution in [3.63, 3.8) is 0 Å². The number of nitrogens with zero attached hydrogens (tertiary/aromatic N) is 2. The van der Waals surface area contributed by atoms with Gasteiger partial charge in [0.05, 0.1) is 33.5 Å². The van der Waals surface area contributed by atoms with E-state index in [9.17, 15) is 9.90 Å². The minimum Gasteiger partial charge on any atom is -0.388 e. The fourth-order valence-electron chi connectivity index (χ4n) is 6.86. The Morgan fingerprint density at radius 3 is 2.62 bits per heavy atom. The number of imidazole rings is 1. The third-order valence-electron chi connectivity index (χ3n) is 9.11. The fraction of sp³-hybridized carbons (Fsp3) is 0.467. The normalized spacial score (nSPS) is 24.3. The number of aromatic amines is 2. The van der Waals surface area contributed by atoms with Gasteiger partial charge in [-0.25, -0.2) is 9.37 Å². The highest BCUT2D eigenvalue weighted by Crippen LogP contribution is 2.37. The van der Waals surface area contributed by atoms with Gasteiger partial charge >= 0.3 is 0 Å². The Hall–Kier alpha value is -3.43. The standard InChI is InChI=1S/C30H35FN6O2/c31-20-14-19-23(15-24(20)32-17-30(39)10-4-1-5-11-30)36-29(38)26(28-34-21-6-2-3-7-22(21)35-28)27(19)33-25-16-37-12-8-18(25)9-13-37/h2-3,6-7,14-15,18,25,32,39H,1,4-5,8-13,16-17H2,(H,34,35)(H2,33,36,38)/t25-/m0/s1. The van der Waals surface area contributed by atoms with Crippen LogP contribution in [-0.2, 0) is 0 Å². The van der Waals surface area contributed by atoms with Crippen molar-refractivity contribution >= 4 is 33.3 Å². The molecule has 1 atom stereocenters. The number of hydrogen-bond acceptors (Lipinski definition) is 6. The molecular weight excluding hydrogens is 495 g/mol. The number of aliphatic hydroxyl groups is 1. The third-order valence-corrected chi connectivity index (χ3v) is 9.11. The summed E-state index contributed by atoms with van der Waals surface area (Å²) in [5.41, 5.74) is 2.33. The summed E-state index contributed by atoms with van der Waals surface area (Å²) in [6.07, 6.45) is 6.72. The monoisotopic (exact) mass is 530 g/mol. The van der Waals surface area contributed by atoms with Crippen molar-refractivity contribution in [2.24, 2.45) is 5.92 Å². The highest BCUT2D eigenvalue weighted by atomic mass is 19.1. The molecule has 5 heterocycles. The SMILES string of the molecule is O=c1[nH]c2cc(NCC3(O)CCCCC3)c(F)cc2c(N[C@H]2CN3CCC2CC3)c1-c1nc2ccccc2[nH]1. The van der Waals surface area contributed by atoms with Crippen LogP contribution in [0.4, 0.5) is 15.8 Å². The second-order valence-electron chi connectivity index (χ2n) is 11.7. The van der Waals surface area contributed by atoms with Crippen LogP contribution >= 0.6 is 0 Å². The molecule has 4 aromatic rings. The zero-order chi connectivity index (χ0) is 26.6. The van der Waals surface area contributed by atoms with E-state index in [2.05, 4.69) is 25.5 Å². The average Bonchev–Trinajstić information content (AvgIpc) is 3.37. The summed E-state index contributed by atoms with van der Waals surface area (Å²) < 4.78 is 15.6. The Balaban J connectivity index is 1.32. The summed E-state index contributed by atoms with van der Waals surface area (Å²) in [5, 5.41) is 18.4. The van der Waals surface area contributed by atoms with Crippen LogP contribution in [-0.4, -0.2) is 62.8 Å². The number of hydrogen-bond donors (Lipinski definition) is 5. The summed E-state index contributed by atoms with van der Waals surface area (Å²) in [5.74, 6) is 0.557. The molecule has 1 saturated carbocycles. The summed E-state index contributed by atoms with van der Waals surface area (Å²) in [6, 6.07) is 11.0. The van der Waals surface area contributed by atoms with E-state index in [-0.39, 0.29) is 23.8 Å². The Labute approximate surface area is 226 Å². The zero-order valence-electron chi connectivity index (χ0n) is 22.0. The van der Waals surface area contributed by atoms with Gasteiger partial charge in [0.2, 0.25) is 0 Å². The predicted octanol–water partition coefficient (Wildman–Crippen LogP) is 4.82. The lowest BCUT2D eigenvalue weighted by Gasteiger charge is -2.45. The first-order valence-electron chi connectivity index (χ1n) is 14.3. The number of halogens is 1. The lowest BCUT2D eigenvalue weighted by atomic mass is 9.83. The van der Waals surface area contributed by atoms with E-state index < -0.39 is 11.4 Å². The molecule has 1 aliphatic carbocycles. The molecule has 3 aliphatic heterocycles. The maximum absolute atomic E-state index is 15.6. The maximum Gasteiger partial charge on any atom is 0.261 e. The molecule has 39 heavy (non-hydrogen) atoms. The van der Waals surface area contributed by atoms with Crippen LogP contribution in [0.3, 0.4) is 0 Å². The first kappa shape index (κ1) is 24.6. The number of benzene rings is 2. The molecule has 0 amide bonds. The van der Waals surface area contributed by atoms with Crippen molar-refractivity contribution in [2.75, 3.05) is 36.8 Å². The second kappa shape index (κ2) is 9.64. The Morgan fingerprint density at radius 1 is 1.08 bits per heavy atom. The zero-order valence-corrected chi connectivity index (χ0v) is 22.0. The molecule has 0 unspecified atom stereocenters. The van der Waals surface area contributed by atoms with Crippen LogP contribution in [0, 0.1) is 11.7 Å². The Morgan fingerprint density at radius 2 is 1.87 bits per heavy atom. The molecule has 2 aromatic carbocycles. The van der Waals surface area contributed by atoms with E-state index >= 15 is 4.39 Å². The first-order valence-corrected chi connectivity index (χ1v) is 14.3. The van der Waals surface area contributed by atoms with E-state index in [4.69, 9.17) is 4.98 Å². The molecule has 9 heteroatoms. The van der Waals surface area contributed by atoms with Crippen LogP contribution in [0.1, 0.15) is 44.9 Å². The van der Waals surface area contributed by atoms with Gasteiger partial charge in [0.15, 0.2) is 0 Å². The lowest BCUT2D eigenvalue weighted by molar-refractivity contribution is 0.0167. The van der Waals surface area contributed by atoms with Crippen molar-refractivity contribution in [2.45, 2.75) is 56.6 Å². The number of aromatic nitrogens is 3. The summed E-state index contributed by atoms with van der Waals surface area (Å²) in [6.45, 7) is 3.39. The maximum atomic E-state index is 15.6. The van der Waals surface area contributed by atoms with Crippen molar-refractivity contribution in [3.8, 4) is 11.4 Å². The quantitative estimate of drug-likeness (QED) is 0.245.